The molecule has 5 nitrogen and oxygen atoms in total. The maximum Gasteiger partial charge on any atom is 0.262 e. The van der Waals surface area contributed by atoms with Gasteiger partial charge in [0.25, 0.3) is 11.8 Å². The van der Waals surface area contributed by atoms with Gasteiger partial charge in [-0.3, -0.25) is 9.59 Å². The molecular weight excluding hydrogens is 372 g/mol. The molecule has 0 saturated carbocycles. The van der Waals surface area contributed by atoms with Gasteiger partial charge in [-0.15, -0.1) is 11.3 Å². The highest BCUT2D eigenvalue weighted by atomic mass is 35.5. The van der Waals surface area contributed by atoms with Crippen LogP contribution in [-0.4, -0.2) is 25.5 Å². The molecule has 138 valence electrons. The Morgan fingerprint density at radius 1 is 1.15 bits per heavy atom. The van der Waals surface area contributed by atoms with E-state index >= 15 is 0 Å². The molecule has 1 aromatic carbocycles. The molecule has 1 aliphatic rings. The fourth-order valence-corrected chi connectivity index (χ4v) is 4.47. The number of halogens is 1. The number of amides is 2. The van der Waals surface area contributed by atoms with Crippen LogP contribution in [0, 0.1) is 0 Å². The highest BCUT2D eigenvalue weighted by Crippen LogP contribution is 2.37. The Hall–Kier alpha value is -2.05. The first-order valence-corrected chi connectivity index (χ1v) is 9.82. The largest absolute Gasteiger partial charge is 0.484 e. The third-order valence-electron chi connectivity index (χ3n) is 4.31. The monoisotopic (exact) mass is 392 g/mol. The number of benzene rings is 1. The molecule has 3 rings (SSSR count). The van der Waals surface area contributed by atoms with Crippen LogP contribution in [0.3, 0.4) is 0 Å². The summed E-state index contributed by atoms with van der Waals surface area (Å²) in [6.45, 7) is -0.128. The summed E-state index contributed by atoms with van der Waals surface area (Å²) in [5, 5.41) is 6.76. The van der Waals surface area contributed by atoms with Crippen molar-refractivity contribution in [3.8, 4) is 5.75 Å². The smallest absolute Gasteiger partial charge is 0.262 e. The van der Waals surface area contributed by atoms with Crippen LogP contribution in [0.5, 0.6) is 5.75 Å². The van der Waals surface area contributed by atoms with Crippen molar-refractivity contribution in [2.24, 2.45) is 0 Å². The second kappa shape index (κ2) is 8.56. The highest BCUT2D eigenvalue weighted by Gasteiger charge is 2.25. The molecular formula is C19H21ClN2O3S. The van der Waals surface area contributed by atoms with Crippen molar-refractivity contribution in [2.45, 2.75) is 32.1 Å². The number of fused-ring (bicyclic) bond motifs is 1. The van der Waals surface area contributed by atoms with Crippen molar-refractivity contribution in [1.29, 1.82) is 0 Å². The van der Waals surface area contributed by atoms with Crippen LogP contribution in [0.25, 0.3) is 0 Å². The van der Waals surface area contributed by atoms with Gasteiger partial charge in [0, 0.05) is 16.9 Å². The number of nitrogens with one attached hydrogen (secondary N) is 2. The van der Waals surface area contributed by atoms with Crippen molar-refractivity contribution < 1.29 is 14.3 Å². The highest BCUT2D eigenvalue weighted by molar-refractivity contribution is 7.17. The number of thiophene rings is 1. The van der Waals surface area contributed by atoms with E-state index in [0.717, 1.165) is 31.2 Å². The lowest BCUT2D eigenvalue weighted by molar-refractivity contribution is -0.118. The molecule has 0 saturated heterocycles. The topological polar surface area (TPSA) is 67.4 Å². The third kappa shape index (κ3) is 4.37. The van der Waals surface area contributed by atoms with E-state index in [1.54, 1.807) is 31.3 Å². The zero-order valence-electron chi connectivity index (χ0n) is 14.6. The van der Waals surface area contributed by atoms with Gasteiger partial charge in [-0.1, -0.05) is 18.0 Å². The minimum atomic E-state index is -0.290. The van der Waals surface area contributed by atoms with Gasteiger partial charge in [0.1, 0.15) is 10.8 Å². The number of hydrogen-bond acceptors (Lipinski definition) is 4. The number of anilines is 1. The Bertz CT molecular complexity index is 802. The van der Waals surface area contributed by atoms with E-state index in [-0.39, 0.29) is 18.4 Å². The van der Waals surface area contributed by atoms with E-state index in [1.165, 1.54) is 22.6 Å². The molecule has 7 heteroatoms. The molecule has 1 aliphatic carbocycles. The second-order valence-electron chi connectivity index (χ2n) is 6.14. The standard InChI is InChI=1S/C19H21ClN2O3S/c1-21-18(24)17-14-5-3-2-4-6-15(14)26-19(17)22-16(23)11-25-13-9-7-12(20)8-10-13/h7-10H,2-6,11H2,1H3,(H,21,24)(H,22,23). The Labute approximate surface area is 161 Å². The average molecular weight is 393 g/mol. The fraction of sp³-hybridized carbons (Fsp3) is 0.368. The second-order valence-corrected chi connectivity index (χ2v) is 7.68. The van der Waals surface area contributed by atoms with Crippen LogP contribution < -0.4 is 15.4 Å². The normalized spacial score (nSPS) is 13.5. The van der Waals surface area contributed by atoms with E-state index in [9.17, 15) is 9.59 Å². The van der Waals surface area contributed by atoms with Crippen molar-refractivity contribution in [3.63, 3.8) is 0 Å². The molecule has 2 amide bonds. The van der Waals surface area contributed by atoms with Gasteiger partial charge in [-0.25, -0.2) is 0 Å². The summed E-state index contributed by atoms with van der Waals surface area (Å²) in [5.74, 6) is 0.123. The predicted octanol–water partition coefficient (Wildman–Crippen LogP) is 4.05. The predicted molar refractivity (Wildman–Crippen MR) is 105 cm³/mol. The molecule has 0 atom stereocenters. The molecule has 0 fully saturated rings. The van der Waals surface area contributed by atoms with Gasteiger partial charge in [-0.2, -0.15) is 0 Å². The Morgan fingerprint density at radius 2 is 1.88 bits per heavy atom. The summed E-state index contributed by atoms with van der Waals surface area (Å²) < 4.78 is 5.48. The Kier molecular flexibility index (Phi) is 6.16. The molecule has 2 N–H and O–H groups in total. The molecule has 2 aromatic rings. The van der Waals surface area contributed by atoms with Gasteiger partial charge in [0.15, 0.2) is 6.61 Å². The first-order valence-electron chi connectivity index (χ1n) is 8.63. The SMILES string of the molecule is CNC(=O)c1c(NC(=O)COc2ccc(Cl)cc2)sc2c1CCCCC2. The molecule has 0 aliphatic heterocycles. The van der Waals surface area contributed by atoms with Crippen LogP contribution in [0.15, 0.2) is 24.3 Å². The van der Waals surface area contributed by atoms with Crippen LogP contribution in [0.4, 0.5) is 5.00 Å². The summed E-state index contributed by atoms with van der Waals surface area (Å²) in [6, 6.07) is 6.82. The Balaban J connectivity index is 1.72. The van der Waals surface area contributed by atoms with Crippen molar-refractivity contribution in [1.82, 2.24) is 5.32 Å². The first kappa shape index (κ1) is 18.7. The molecule has 26 heavy (non-hydrogen) atoms. The molecule has 0 radical (unpaired) electrons. The summed E-state index contributed by atoms with van der Waals surface area (Å²) in [6.07, 6.45) is 5.20. The van der Waals surface area contributed by atoms with Gasteiger partial charge in [0.05, 0.1) is 5.56 Å². The average Bonchev–Trinajstić information content (AvgIpc) is 2.81. The number of hydrogen-bond donors (Lipinski definition) is 2. The molecule has 1 aromatic heterocycles. The van der Waals surface area contributed by atoms with Crippen molar-refractivity contribution >= 4 is 39.8 Å². The van der Waals surface area contributed by atoms with E-state index < -0.39 is 0 Å². The number of aryl methyl sites for hydroxylation is 1. The van der Waals surface area contributed by atoms with E-state index in [4.69, 9.17) is 16.3 Å². The van der Waals surface area contributed by atoms with Gasteiger partial charge in [0.2, 0.25) is 0 Å². The van der Waals surface area contributed by atoms with Crippen molar-refractivity contribution in [2.75, 3.05) is 19.0 Å². The molecule has 0 unspecified atom stereocenters. The van der Waals surface area contributed by atoms with Crippen molar-refractivity contribution in [3.05, 3.63) is 45.3 Å². The fourth-order valence-electron chi connectivity index (χ4n) is 3.04. The zero-order valence-corrected chi connectivity index (χ0v) is 16.1. The van der Waals surface area contributed by atoms with Gasteiger partial charge < -0.3 is 15.4 Å². The third-order valence-corrected chi connectivity index (χ3v) is 5.77. The zero-order chi connectivity index (χ0) is 18.5. The van der Waals surface area contributed by atoms with Gasteiger partial charge in [-0.05, 0) is 55.5 Å². The van der Waals surface area contributed by atoms with Crippen LogP contribution in [-0.2, 0) is 17.6 Å². The van der Waals surface area contributed by atoms with E-state index in [1.807, 2.05) is 0 Å². The molecule has 0 spiro atoms. The summed E-state index contributed by atoms with van der Waals surface area (Å²) in [7, 11) is 1.61. The van der Waals surface area contributed by atoms with Crippen LogP contribution in [0.2, 0.25) is 5.02 Å². The molecule has 0 bridgehead atoms. The van der Waals surface area contributed by atoms with E-state index in [2.05, 4.69) is 10.6 Å². The number of carbonyl (C=O) groups excluding carboxylic acids is 2. The maximum absolute atomic E-state index is 12.4. The summed E-state index contributed by atoms with van der Waals surface area (Å²) >= 11 is 7.34. The van der Waals surface area contributed by atoms with Gasteiger partial charge >= 0.3 is 0 Å². The van der Waals surface area contributed by atoms with E-state index in [0.29, 0.717) is 21.3 Å². The van der Waals surface area contributed by atoms with Crippen LogP contribution in [0.1, 0.15) is 40.1 Å². The number of rotatable bonds is 5. The molecule has 1 heterocycles. The Morgan fingerprint density at radius 3 is 2.62 bits per heavy atom. The lowest BCUT2D eigenvalue weighted by Gasteiger charge is -2.09. The maximum atomic E-state index is 12.4. The van der Waals surface area contributed by atoms with Crippen LogP contribution >= 0.6 is 22.9 Å². The summed E-state index contributed by atoms with van der Waals surface area (Å²) in [4.78, 5) is 25.9. The minimum Gasteiger partial charge on any atom is -0.484 e. The lowest BCUT2D eigenvalue weighted by atomic mass is 10.0. The minimum absolute atomic E-state index is 0.128. The summed E-state index contributed by atoms with van der Waals surface area (Å²) in [5.41, 5.74) is 1.69. The quantitative estimate of drug-likeness (QED) is 0.754. The number of ether oxygens (including phenoxy) is 1. The first-order chi connectivity index (χ1) is 12.6. The number of carbonyl (C=O) groups is 2. The lowest BCUT2D eigenvalue weighted by Crippen LogP contribution is -2.24.